The van der Waals surface area contributed by atoms with Gasteiger partial charge in [0.15, 0.2) is 0 Å². The molecule has 0 saturated carbocycles. The van der Waals surface area contributed by atoms with Crippen LogP contribution in [0.4, 0.5) is 0 Å². The standard InChI is InChI=1S/C22H46N2.C18H37Br/c1-2-3-4-5-6-7-8-9-10-11-12-13-14-15-16-17-20-24-21-18-23-19-22-24;1-2-3-4-5-6-7-8-9-10-11-12-13-14-15-16-17-18-19/h23H,2-22H2,1H3;2-18H2,1H3. The second kappa shape index (κ2) is 40.4. The van der Waals surface area contributed by atoms with E-state index < -0.39 is 0 Å². The third-order valence-electron chi connectivity index (χ3n) is 9.52. The van der Waals surface area contributed by atoms with E-state index in [1.807, 2.05) is 0 Å². The Bertz CT molecular complexity index is 449. The van der Waals surface area contributed by atoms with Gasteiger partial charge in [0.25, 0.3) is 0 Å². The molecule has 0 aromatic heterocycles. The van der Waals surface area contributed by atoms with E-state index in [1.54, 1.807) is 0 Å². The molecule has 1 saturated heterocycles. The topological polar surface area (TPSA) is 15.3 Å². The smallest absolute Gasteiger partial charge is 0.0107 e. The molecule has 0 aromatic rings. The highest BCUT2D eigenvalue weighted by atomic mass is 79.9. The van der Waals surface area contributed by atoms with Crippen LogP contribution in [0, 0.1) is 0 Å². The monoisotopic (exact) mass is 671 g/mol. The average molecular weight is 672 g/mol. The number of halogens is 1. The van der Waals surface area contributed by atoms with E-state index in [9.17, 15) is 0 Å². The van der Waals surface area contributed by atoms with Gasteiger partial charge in [-0.05, 0) is 19.4 Å². The summed E-state index contributed by atoms with van der Waals surface area (Å²) in [5, 5.41) is 4.62. The summed E-state index contributed by atoms with van der Waals surface area (Å²) in [5.74, 6) is 0. The lowest BCUT2D eigenvalue weighted by molar-refractivity contribution is 0.236. The van der Waals surface area contributed by atoms with Crippen LogP contribution < -0.4 is 5.32 Å². The van der Waals surface area contributed by atoms with Crippen LogP contribution in [0.5, 0.6) is 0 Å². The molecule has 43 heavy (non-hydrogen) atoms. The molecule has 0 aromatic carbocycles. The molecule has 0 amide bonds. The van der Waals surface area contributed by atoms with Crippen molar-refractivity contribution < 1.29 is 0 Å². The van der Waals surface area contributed by atoms with Crippen LogP contribution in [-0.2, 0) is 0 Å². The molecule has 1 aliphatic rings. The van der Waals surface area contributed by atoms with Crippen molar-refractivity contribution in [2.24, 2.45) is 0 Å². The van der Waals surface area contributed by atoms with Crippen molar-refractivity contribution in [2.75, 3.05) is 38.1 Å². The highest BCUT2D eigenvalue weighted by molar-refractivity contribution is 9.09. The van der Waals surface area contributed by atoms with Crippen LogP contribution in [0.1, 0.15) is 219 Å². The first-order valence-electron chi connectivity index (χ1n) is 20.3. The van der Waals surface area contributed by atoms with Gasteiger partial charge in [0, 0.05) is 31.5 Å². The Hall–Kier alpha value is 0.400. The second-order valence-electron chi connectivity index (χ2n) is 13.9. The summed E-state index contributed by atoms with van der Waals surface area (Å²) in [6, 6.07) is 0. The van der Waals surface area contributed by atoms with E-state index in [0.717, 1.165) is 0 Å². The van der Waals surface area contributed by atoms with Crippen LogP contribution in [0.3, 0.4) is 0 Å². The summed E-state index contributed by atoms with van der Waals surface area (Å²) in [6.45, 7) is 10.8. The number of piperazine rings is 1. The average Bonchev–Trinajstić information content (AvgIpc) is 3.03. The summed E-state index contributed by atoms with van der Waals surface area (Å²) < 4.78 is 0. The molecule has 1 fully saturated rings. The molecule has 260 valence electrons. The fraction of sp³-hybridized carbons (Fsp3) is 1.00. The number of hydrogen-bond acceptors (Lipinski definition) is 2. The Morgan fingerprint density at radius 2 is 0.628 bits per heavy atom. The molecule has 0 bridgehead atoms. The van der Waals surface area contributed by atoms with Gasteiger partial charge in [0.2, 0.25) is 0 Å². The Morgan fingerprint density at radius 1 is 0.372 bits per heavy atom. The third-order valence-corrected chi connectivity index (χ3v) is 10.1. The van der Waals surface area contributed by atoms with Crippen LogP contribution >= 0.6 is 15.9 Å². The fourth-order valence-corrected chi connectivity index (χ4v) is 6.86. The molecule has 1 aliphatic heterocycles. The molecule has 1 heterocycles. The number of rotatable bonds is 33. The van der Waals surface area contributed by atoms with E-state index in [0.29, 0.717) is 0 Å². The molecular formula is C40H83BrN2. The lowest BCUT2D eigenvalue weighted by atomic mass is 10.0. The minimum atomic E-state index is 1.19. The molecule has 0 spiro atoms. The summed E-state index contributed by atoms with van der Waals surface area (Å²) in [4.78, 5) is 2.63. The molecule has 0 aliphatic carbocycles. The zero-order valence-corrected chi connectivity index (χ0v) is 31.8. The Balaban J connectivity index is 0.000000846. The number of hydrogen-bond donors (Lipinski definition) is 1. The zero-order chi connectivity index (χ0) is 31.2. The number of nitrogens with zero attached hydrogens (tertiary/aromatic N) is 1. The first kappa shape index (κ1) is 43.4. The van der Waals surface area contributed by atoms with Crippen molar-refractivity contribution in [3.05, 3.63) is 0 Å². The highest BCUT2D eigenvalue weighted by Gasteiger charge is 2.07. The van der Waals surface area contributed by atoms with Gasteiger partial charge < -0.3 is 10.2 Å². The van der Waals surface area contributed by atoms with Gasteiger partial charge >= 0.3 is 0 Å². The number of alkyl halides is 1. The minimum absolute atomic E-state index is 1.19. The quantitative estimate of drug-likeness (QED) is 0.0552. The Labute approximate surface area is 282 Å². The largest absolute Gasteiger partial charge is 0.314 e. The summed E-state index contributed by atoms with van der Waals surface area (Å²) >= 11 is 3.49. The third kappa shape index (κ3) is 38.5. The van der Waals surface area contributed by atoms with Crippen molar-refractivity contribution in [2.45, 2.75) is 219 Å². The van der Waals surface area contributed by atoms with Gasteiger partial charge in [-0.1, -0.05) is 222 Å². The molecule has 3 heteroatoms. The lowest BCUT2D eigenvalue weighted by Gasteiger charge is -2.27. The van der Waals surface area contributed by atoms with Crippen molar-refractivity contribution in [1.82, 2.24) is 10.2 Å². The fourth-order valence-electron chi connectivity index (χ4n) is 6.46. The van der Waals surface area contributed by atoms with Crippen molar-refractivity contribution in [3.63, 3.8) is 0 Å². The van der Waals surface area contributed by atoms with Crippen molar-refractivity contribution in [3.8, 4) is 0 Å². The number of unbranched alkanes of at least 4 members (excludes halogenated alkanes) is 30. The number of nitrogens with one attached hydrogen (secondary N) is 1. The maximum absolute atomic E-state index is 3.49. The van der Waals surface area contributed by atoms with E-state index >= 15 is 0 Å². The molecule has 0 radical (unpaired) electrons. The molecular weight excluding hydrogens is 588 g/mol. The van der Waals surface area contributed by atoms with Crippen LogP contribution in [0.2, 0.25) is 0 Å². The van der Waals surface area contributed by atoms with Crippen LogP contribution in [0.15, 0.2) is 0 Å². The van der Waals surface area contributed by atoms with Crippen LogP contribution in [-0.4, -0.2) is 43.0 Å². The SMILES string of the molecule is CCCCCCCCCCCCCCCCCCBr.CCCCCCCCCCCCCCCCCCN1CCNCC1. The normalized spacial score (nSPS) is 13.7. The first-order valence-corrected chi connectivity index (χ1v) is 21.5. The van der Waals surface area contributed by atoms with Crippen molar-refractivity contribution in [1.29, 1.82) is 0 Å². The van der Waals surface area contributed by atoms with E-state index in [2.05, 4.69) is 40.0 Å². The van der Waals surface area contributed by atoms with Gasteiger partial charge in [-0.2, -0.15) is 0 Å². The van der Waals surface area contributed by atoms with Gasteiger partial charge in [-0.25, -0.2) is 0 Å². The van der Waals surface area contributed by atoms with Gasteiger partial charge in [0.1, 0.15) is 0 Å². The molecule has 1 rings (SSSR count). The second-order valence-corrected chi connectivity index (χ2v) is 14.7. The van der Waals surface area contributed by atoms with Crippen LogP contribution in [0.25, 0.3) is 0 Å². The lowest BCUT2D eigenvalue weighted by Crippen LogP contribution is -2.43. The maximum atomic E-state index is 3.49. The molecule has 0 unspecified atom stereocenters. The molecule has 0 atom stereocenters. The Morgan fingerprint density at radius 3 is 0.907 bits per heavy atom. The maximum Gasteiger partial charge on any atom is 0.0107 e. The molecule has 1 N–H and O–H groups in total. The molecule has 2 nitrogen and oxygen atoms in total. The van der Waals surface area contributed by atoms with Gasteiger partial charge in [-0.3, -0.25) is 0 Å². The van der Waals surface area contributed by atoms with E-state index in [1.165, 1.54) is 244 Å². The summed E-state index contributed by atoms with van der Waals surface area (Å²) in [6.07, 6.45) is 46.7. The Kier molecular flexibility index (Phi) is 40.8. The highest BCUT2D eigenvalue weighted by Crippen LogP contribution is 2.15. The first-order chi connectivity index (χ1) is 21.3. The van der Waals surface area contributed by atoms with Gasteiger partial charge in [-0.15, -0.1) is 0 Å². The predicted octanol–water partition coefficient (Wildman–Crippen LogP) is 13.8. The van der Waals surface area contributed by atoms with E-state index in [4.69, 9.17) is 0 Å². The van der Waals surface area contributed by atoms with Crippen molar-refractivity contribution >= 4 is 15.9 Å². The zero-order valence-electron chi connectivity index (χ0n) is 30.2. The predicted molar refractivity (Wildman–Crippen MR) is 202 cm³/mol. The summed E-state index contributed by atoms with van der Waals surface area (Å²) in [7, 11) is 0. The van der Waals surface area contributed by atoms with Gasteiger partial charge in [0.05, 0.1) is 0 Å². The minimum Gasteiger partial charge on any atom is -0.314 e. The van der Waals surface area contributed by atoms with E-state index in [-0.39, 0.29) is 0 Å². The summed E-state index contributed by atoms with van der Waals surface area (Å²) in [5.41, 5.74) is 0.